The first-order valence-corrected chi connectivity index (χ1v) is 11.6. The first kappa shape index (κ1) is 24.6. The Kier molecular flexibility index (Phi) is 6.44. The topological polar surface area (TPSA) is 110 Å². The van der Waals surface area contributed by atoms with Gasteiger partial charge in [0.2, 0.25) is 5.91 Å². The molecule has 172 valence electrons. The molecule has 0 aliphatic rings. The molecule has 0 saturated heterocycles. The number of hydrogen-bond donors (Lipinski definition) is 3. The molecule has 1 amide bonds. The van der Waals surface area contributed by atoms with E-state index in [1.165, 1.54) is 6.07 Å². The number of carbonyl (C=O) groups excluding carboxylic acids is 1. The molecule has 0 aliphatic heterocycles. The molecule has 6 nitrogen and oxygen atoms in total. The van der Waals surface area contributed by atoms with Gasteiger partial charge in [-0.2, -0.15) is 22.0 Å². The SMILES string of the molecule is NC(=O)c1cc(OCc2cccc(C(F)(F)F)c2)c2sc(C(F)(F)P(=O)(O)O)c(Br)c2c1. The molecular formula is C18H12BrF5NO5PS. The number of rotatable bonds is 6. The average Bonchev–Trinajstić information content (AvgIpc) is 3.02. The summed E-state index contributed by atoms with van der Waals surface area (Å²) in [7, 11) is -5.90. The molecular weight excluding hydrogens is 548 g/mol. The molecule has 0 saturated carbocycles. The van der Waals surface area contributed by atoms with Crippen LogP contribution in [0.3, 0.4) is 0 Å². The first-order valence-electron chi connectivity index (χ1n) is 8.41. The third-order valence-electron chi connectivity index (χ3n) is 4.27. The summed E-state index contributed by atoms with van der Waals surface area (Å²) in [4.78, 5) is 28.8. The van der Waals surface area contributed by atoms with Crippen molar-refractivity contribution in [2.75, 3.05) is 0 Å². The maximum absolute atomic E-state index is 14.3. The quantitative estimate of drug-likeness (QED) is 0.269. The van der Waals surface area contributed by atoms with Gasteiger partial charge in [-0.15, -0.1) is 11.3 Å². The number of fused-ring (bicyclic) bond motifs is 1. The number of alkyl halides is 5. The van der Waals surface area contributed by atoms with Gasteiger partial charge in [0, 0.05) is 15.4 Å². The van der Waals surface area contributed by atoms with E-state index in [2.05, 4.69) is 15.9 Å². The van der Waals surface area contributed by atoms with Crippen molar-refractivity contribution in [2.24, 2.45) is 5.73 Å². The molecule has 3 aromatic rings. The van der Waals surface area contributed by atoms with Crippen LogP contribution in [-0.4, -0.2) is 15.7 Å². The number of amides is 1. The molecule has 32 heavy (non-hydrogen) atoms. The van der Waals surface area contributed by atoms with Crippen molar-refractivity contribution >= 4 is 50.9 Å². The van der Waals surface area contributed by atoms with Crippen LogP contribution in [0.5, 0.6) is 5.75 Å². The predicted molar refractivity (Wildman–Crippen MR) is 110 cm³/mol. The van der Waals surface area contributed by atoms with E-state index in [4.69, 9.17) is 20.3 Å². The van der Waals surface area contributed by atoms with Crippen LogP contribution >= 0.6 is 34.9 Å². The van der Waals surface area contributed by atoms with Gasteiger partial charge in [-0.05, 0) is 45.8 Å². The van der Waals surface area contributed by atoms with E-state index >= 15 is 0 Å². The van der Waals surface area contributed by atoms with E-state index < -0.39 is 42.4 Å². The monoisotopic (exact) mass is 559 g/mol. The summed E-state index contributed by atoms with van der Waals surface area (Å²) < 4.78 is 83.8. The molecule has 0 radical (unpaired) electrons. The Balaban J connectivity index is 2.09. The Morgan fingerprint density at radius 3 is 2.38 bits per heavy atom. The maximum atomic E-state index is 14.3. The molecule has 0 bridgehead atoms. The number of primary amides is 1. The van der Waals surface area contributed by atoms with Crippen LogP contribution in [0.25, 0.3) is 10.1 Å². The lowest BCUT2D eigenvalue weighted by Crippen LogP contribution is -2.12. The van der Waals surface area contributed by atoms with Crippen LogP contribution < -0.4 is 10.5 Å². The Labute approximate surface area is 189 Å². The van der Waals surface area contributed by atoms with Gasteiger partial charge in [-0.3, -0.25) is 9.36 Å². The van der Waals surface area contributed by atoms with Crippen LogP contribution in [0.2, 0.25) is 0 Å². The lowest BCUT2D eigenvalue weighted by molar-refractivity contribution is -0.137. The second kappa shape index (κ2) is 8.38. The standard InChI is InChI=1S/C18H12BrF5NO5PS/c19-13-11-5-9(16(25)26)6-12(14(11)32-15(13)18(23,24)31(27,28)29)30-7-8-2-1-3-10(4-8)17(20,21)22/h1-6H,7H2,(H2,25,26)(H2,27,28,29). The predicted octanol–water partition coefficient (Wildman–Crippen LogP) is 5.59. The van der Waals surface area contributed by atoms with E-state index in [9.17, 15) is 31.3 Å². The van der Waals surface area contributed by atoms with Gasteiger partial charge in [0.25, 0.3) is 0 Å². The van der Waals surface area contributed by atoms with Crippen LogP contribution in [0, 0.1) is 0 Å². The van der Waals surface area contributed by atoms with E-state index in [0.717, 1.165) is 30.3 Å². The fraction of sp³-hybridized carbons (Fsp3) is 0.167. The number of ether oxygens (including phenoxy) is 1. The summed E-state index contributed by atoms with van der Waals surface area (Å²) in [6.07, 6.45) is -4.59. The van der Waals surface area contributed by atoms with Crippen molar-refractivity contribution < 1.29 is 45.8 Å². The molecule has 2 aromatic carbocycles. The van der Waals surface area contributed by atoms with E-state index in [0.29, 0.717) is 11.3 Å². The third kappa shape index (κ3) is 4.67. The van der Waals surface area contributed by atoms with Crippen LogP contribution in [0.1, 0.15) is 26.4 Å². The van der Waals surface area contributed by atoms with Crippen molar-refractivity contribution in [1.29, 1.82) is 0 Å². The zero-order valence-corrected chi connectivity index (χ0v) is 18.8. The second-order valence-electron chi connectivity index (χ2n) is 6.53. The minimum atomic E-state index is -5.90. The Morgan fingerprint density at radius 1 is 1.16 bits per heavy atom. The minimum absolute atomic E-state index is 0.0167. The van der Waals surface area contributed by atoms with Crippen molar-refractivity contribution in [3.8, 4) is 5.75 Å². The van der Waals surface area contributed by atoms with E-state index in [-0.39, 0.29) is 31.4 Å². The number of nitrogens with two attached hydrogens (primary N) is 1. The lowest BCUT2D eigenvalue weighted by Gasteiger charge is -2.16. The number of carbonyl (C=O) groups is 1. The zero-order chi connectivity index (χ0) is 24.1. The van der Waals surface area contributed by atoms with Crippen molar-refractivity contribution in [1.82, 2.24) is 0 Å². The number of benzene rings is 2. The summed E-state index contributed by atoms with van der Waals surface area (Å²) in [6.45, 7) is -0.416. The van der Waals surface area contributed by atoms with Crippen molar-refractivity contribution in [3.63, 3.8) is 0 Å². The lowest BCUT2D eigenvalue weighted by atomic mass is 10.1. The molecule has 3 rings (SSSR count). The highest BCUT2D eigenvalue weighted by atomic mass is 79.9. The molecule has 1 aromatic heterocycles. The zero-order valence-electron chi connectivity index (χ0n) is 15.5. The smallest absolute Gasteiger partial charge is 0.416 e. The van der Waals surface area contributed by atoms with Crippen LogP contribution in [0.4, 0.5) is 22.0 Å². The normalized spacial score (nSPS) is 12.9. The Morgan fingerprint density at radius 2 is 1.81 bits per heavy atom. The minimum Gasteiger partial charge on any atom is -0.487 e. The number of hydrogen-bond acceptors (Lipinski definition) is 4. The van der Waals surface area contributed by atoms with Crippen molar-refractivity contribution in [2.45, 2.75) is 18.4 Å². The van der Waals surface area contributed by atoms with Gasteiger partial charge < -0.3 is 20.3 Å². The molecule has 0 fully saturated rings. The van der Waals surface area contributed by atoms with Crippen LogP contribution in [-0.2, 0) is 23.0 Å². The highest BCUT2D eigenvalue weighted by Gasteiger charge is 2.53. The Hall–Kier alpha value is -2.05. The molecule has 0 aliphatic carbocycles. The molecule has 0 spiro atoms. The number of thiophene rings is 1. The summed E-state index contributed by atoms with van der Waals surface area (Å²) in [5, 5.41) is -0.0338. The fourth-order valence-corrected chi connectivity index (χ4v) is 5.69. The van der Waals surface area contributed by atoms with E-state index in [1.54, 1.807) is 0 Å². The molecule has 1 heterocycles. The Bertz CT molecular complexity index is 1260. The maximum Gasteiger partial charge on any atom is 0.416 e. The largest absolute Gasteiger partial charge is 0.487 e. The second-order valence-corrected chi connectivity index (χ2v) is 10.00. The van der Waals surface area contributed by atoms with Gasteiger partial charge in [0.15, 0.2) is 0 Å². The molecule has 0 atom stereocenters. The van der Waals surface area contributed by atoms with E-state index in [1.807, 2.05) is 0 Å². The highest BCUT2D eigenvalue weighted by molar-refractivity contribution is 9.10. The van der Waals surface area contributed by atoms with Gasteiger partial charge in [-0.1, -0.05) is 12.1 Å². The fourth-order valence-electron chi connectivity index (χ4n) is 2.71. The highest BCUT2D eigenvalue weighted by Crippen LogP contribution is 2.63. The van der Waals surface area contributed by atoms with Gasteiger partial charge in [-0.25, -0.2) is 0 Å². The number of halogens is 6. The molecule has 0 unspecified atom stereocenters. The van der Waals surface area contributed by atoms with Gasteiger partial charge >= 0.3 is 19.4 Å². The summed E-state index contributed by atoms with van der Waals surface area (Å²) in [6, 6.07) is 6.46. The molecule has 4 N–H and O–H groups in total. The van der Waals surface area contributed by atoms with Gasteiger partial charge in [0.05, 0.1) is 10.3 Å². The first-order chi connectivity index (χ1) is 14.6. The van der Waals surface area contributed by atoms with Crippen LogP contribution in [0.15, 0.2) is 40.9 Å². The summed E-state index contributed by atoms with van der Waals surface area (Å²) >= 11 is 3.18. The third-order valence-corrected chi connectivity index (χ3v) is 7.75. The summed E-state index contributed by atoms with van der Waals surface area (Å²) in [5.41, 5.74) is -0.264. The molecule has 14 heteroatoms. The van der Waals surface area contributed by atoms with Gasteiger partial charge in [0.1, 0.15) is 17.2 Å². The summed E-state index contributed by atoms with van der Waals surface area (Å²) in [5.74, 6) is -1.12. The van der Waals surface area contributed by atoms with Crippen molar-refractivity contribution in [3.05, 3.63) is 62.4 Å². The average molecular weight is 560 g/mol.